The van der Waals surface area contributed by atoms with Gasteiger partial charge in [0.25, 0.3) is 0 Å². The number of sulfonamides is 1. The van der Waals surface area contributed by atoms with Crippen LogP contribution in [0.4, 0.5) is 30.2 Å². The minimum absolute atomic E-state index is 0.0317. The van der Waals surface area contributed by atoms with Gasteiger partial charge in [-0.25, -0.2) is 8.42 Å². The molecule has 1 unspecified atom stereocenters. The molecule has 2 fully saturated rings. The van der Waals surface area contributed by atoms with Crippen molar-refractivity contribution in [2.45, 2.75) is 19.0 Å². The van der Waals surface area contributed by atoms with Gasteiger partial charge in [0, 0.05) is 30.9 Å². The maximum Gasteiger partial charge on any atom is 0.416 e. The van der Waals surface area contributed by atoms with Gasteiger partial charge in [-0.15, -0.1) is 0 Å². The lowest BCUT2D eigenvalue weighted by Gasteiger charge is -2.19. The average Bonchev–Trinajstić information content (AvgIpc) is 3.30. The largest absolute Gasteiger partial charge is 0.416 e. The first-order chi connectivity index (χ1) is 15.0. The molecule has 2 aromatic carbocycles. The molecule has 0 saturated carbocycles. The molecule has 0 spiro atoms. The fourth-order valence-electron chi connectivity index (χ4n) is 3.87. The molecule has 170 valence electrons. The van der Waals surface area contributed by atoms with E-state index in [0.29, 0.717) is 24.3 Å². The van der Waals surface area contributed by atoms with Crippen LogP contribution in [0.5, 0.6) is 0 Å². The number of hydrogen-bond acceptors (Lipinski definition) is 4. The monoisotopic (exact) mass is 467 g/mol. The first kappa shape index (κ1) is 22.1. The second-order valence-electron chi connectivity index (χ2n) is 7.73. The normalized spacial score (nSPS) is 20.6. The highest BCUT2D eigenvalue weighted by atomic mass is 32.2. The predicted octanol–water partition coefficient (Wildman–Crippen LogP) is 3.24. The number of amides is 2. The Morgan fingerprint density at radius 1 is 1.06 bits per heavy atom. The first-order valence-electron chi connectivity index (χ1n) is 9.93. The highest BCUT2D eigenvalue weighted by Crippen LogP contribution is 2.34. The lowest BCUT2D eigenvalue weighted by molar-refractivity contribution is -0.137. The number of alkyl halides is 3. The van der Waals surface area contributed by atoms with Crippen LogP contribution in [0.1, 0.15) is 18.4 Å². The van der Waals surface area contributed by atoms with Crippen molar-refractivity contribution in [2.75, 3.05) is 33.4 Å². The van der Waals surface area contributed by atoms with Gasteiger partial charge in [0.1, 0.15) is 0 Å². The summed E-state index contributed by atoms with van der Waals surface area (Å²) in [7, 11) is -3.31. The number of carbonyl (C=O) groups is 2. The van der Waals surface area contributed by atoms with E-state index in [4.69, 9.17) is 0 Å². The van der Waals surface area contributed by atoms with Gasteiger partial charge >= 0.3 is 6.18 Å². The molecule has 2 aliphatic heterocycles. The summed E-state index contributed by atoms with van der Waals surface area (Å²) in [5, 5.41) is 2.68. The van der Waals surface area contributed by atoms with Crippen molar-refractivity contribution in [3.63, 3.8) is 0 Å². The lowest BCUT2D eigenvalue weighted by atomic mass is 10.1. The van der Waals surface area contributed by atoms with Crippen LogP contribution in [-0.4, -0.2) is 39.1 Å². The van der Waals surface area contributed by atoms with Gasteiger partial charge < -0.3 is 10.2 Å². The summed E-state index contributed by atoms with van der Waals surface area (Å²) in [6, 6.07) is 10.8. The summed E-state index contributed by atoms with van der Waals surface area (Å²) < 4.78 is 64.2. The van der Waals surface area contributed by atoms with Gasteiger partial charge in [-0.1, -0.05) is 6.07 Å². The fraction of sp³-hybridized carbons (Fsp3) is 0.333. The third-order valence-corrected chi connectivity index (χ3v) is 7.37. The molecular formula is C21H20F3N3O4S. The smallest absolute Gasteiger partial charge is 0.326 e. The average molecular weight is 467 g/mol. The van der Waals surface area contributed by atoms with Crippen LogP contribution in [0, 0.1) is 5.92 Å². The fourth-order valence-corrected chi connectivity index (χ4v) is 5.43. The van der Waals surface area contributed by atoms with Crippen LogP contribution in [0.3, 0.4) is 0 Å². The van der Waals surface area contributed by atoms with Gasteiger partial charge in [0.2, 0.25) is 21.8 Å². The van der Waals surface area contributed by atoms with Crippen molar-refractivity contribution in [2.24, 2.45) is 5.92 Å². The lowest BCUT2D eigenvalue weighted by Crippen LogP contribution is -2.28. The van der Waals surface area contributed by atoms with E-state index in [1.807, 2.05) is 0 Å². The zero-order valence-corrected chi connectivity index (χ0v) is 17.6. The minimum Gasteiger partial charge on any atom is -0.326 e. The Morgan fingerprint density at radius 2 is 1.78 bits per heavy atom. The van der Waals surface area contributed by atoms with E-state index >= 15 is 0 Å². The molecule has 32 heavy (non-hydrogen) atoms. The molecule has 0 bridgehead atoms. The minimum atomic E-state index is -4.53. The Hall–Kier alpha value is -3.08. The van der Waals surface area contributed by atoms with Crippen LogP contribution >= 0.6 is 0 Å². The molecule has 0 aromatic heterocycles. The summed E-state index contributed by atoms with van der Waals surface area (Å²) in [5.74, 6) is -1.49. The molecule has 11 heteroatoms. The number of nitrogens with one attached hydrogen (secondary N) is 1. The number of benzene rings is 2. The third kappa shape index (κ3) is 4.43. The van der Waals surface area contributed by atoms with Crippen molar-refractivity contribution >= 4 is 38.9 Å². The molecule has 7 nitrogen and oxygen atoms in total. The van der Waals surface area contributed by atoms with E-state index in [1.165, 1.54) is 21.3 Å². The molecule has 1 atom stereocenters. The van der Waals surface area contributed by atoms with Crippen LogP contribution in [-0.2, 0) is 25.8 Å². The Kier molecular flexibility index (Phi) is 5.61. The molecule has 2 amide bonds. The van der Waals surface area contributed by atoms with E-state index in [9.17, 15) is 31.2 Å². The zero-order valence-electron chi connectivity index (χ0n) is 16.8. The summed E-state index contributed by atoms with van der Waals surface area (Å²) in [5.41, 5.74) is 0.166. The SMILES string of the molecule is O=C(Nc1ccc(N2CCCS2(=O)=O)cc1)C1CC(=O)N(c2cccc(C(F)(F)F)c2)C1. The number of nitrogens with zero attached hydrogens (tertiary/aromatic N) is 2. The highest BCUT2D eigenvalue weighted by molar-refractivity contribution is 7.93. The predicted molar refractivity (Wildman–Crippen MR) is 113 cm³/mol. The number of hydrogen-bond donors (Lipinski definition) is 1. The second kappa shape index (κ2) is 8.12. The summed E-state index contributed by atoms with van der Waals surface area (Å²) >= 11 is 0. The van der Waals surface area contributed by atoms with Crippen LogP contribution in [0.2, 0.25) is 0 Å². The Balaban J connectivity index is 1.42. The number of carbonyl (C=O) groups excluding carboxylic acids is 2. The Labute approximate surface area is 182 Å². The van der Waals surface area contributed by atoms with Crippen LogP contribution < -0.4 is 14.5 Å². The standard InChI is InChI=1S/C21H20F3N3O4S/c22-21(23,24)15-3-1-4-18(12-15)26-13-14(11-19(26)28)20(29)25-16-5-7-17(8-6-16)27-9-2-10-32(27,30)31/h1,3-8,12,14H,2,9-11,13H2,(H,25,29). The summed E-state index contributed by atoms with van der Waals surface area (Å²) in [6.45, 7) is 0.375. The van der Waals surface area contributed by atoms with Gasteiger partial charge in [-0.3, -0.25) is 13.9 Å². The molecule has 1 N–H and O–H groups in total. The van der Waals surface area contributed by atoms with E-state index in [1.54, 1.807) is 24.3 Å². The first-order valence-corrected chi connectivity index (χ1v) is 11.5. The van der Waals surface area contributed by atoms with Gasteiger partial charge in [-0.05, 0) is 48.9 Å². The summed E-state index contributed by atoms with van der Waals surface area (Å²) in [4.78, 5) is 26.2. The number of anilines is 3. The maximum atomic E-state index is 13.0. The number of rotatable bonds is 4. The quantitative estimate of drug-likeness (QED) is 0.748. The van der Waals surface area contributed by atoms with Crippen molar-refractivity contribution in [3.8, 4) is 0 Å². The third-order valence-electron chi connectivity index (χ3n) is 5.50. The van der Waals surface area contributed by atoms with Crippen LogP contribution in [0.25, 0.3) is 0 Å². The van der Waals surface area contributed by atoms with Crippen molar-refractivity contribution in [1.29, 1.82) is 0 Å². The van der Waals surface area contributed by atoms with Crippen molar-refractivity contribution in [3.05, 3.63) is 54.1 Å². The topological polar surface area (TPSA) is 86.8 Å². The molecule has 0 aliphatic carbocycles. The molecule has 4 rings (SSSR count). The van der Waals surface area contributed by atoms with Crippen molar-refractivity contribution in [1.82, 2.24) is 0 Å². The molecule has 2 aromatic rings. The Morgan fingerprint density at radius 3 is 2.41 bits per heavy atom. The maximum absolute atomic E-state index is 13.0. The highest BCUT2D eigenvalue weighted by Gasteiger charge is 2.37. The Bertz CT molecular complexity index is 1150. The van der Waals surface area contributed by atoms with E-state index < -0.39 is 39.5 Å². The number of halogens is 3. The zero-order chi connectivity index (χ0) is 23.1. The van der Waals surface area contributed by atoms with E-state index in [0.717, 1.165) is 12.1 Å². The molecule has 0 radical (unpaired) electrons. The molecule has 2 heterocycles. The van der Waals surface area contributed by atoms with Crippen LogP contribution in [0.15, 0.2) is 48.5 Å². The van der Waals surface area contributed by atoms with Gasteiger partial charge in [0.05, 0.1) is 22.9 Å². The molecular weight excluding hydrogens is 447 g/mol. The van der Waals surface area contributed by atoms with E-state index in [-0.39, 0.29) is 24.4 Å². The molecule has 2 aliphatic rings. The molecule has 2 saturated heterocycles. The van der Waals surface area contributed by atoms with Crippen molar-refractivity contribution < 1.29 is 31.2 Å². The second-order valence-corrected chi connectivity index (χ2v) is 9.74. The van der Waals surface area contributed by atoms with E-state index in [2.05, 4.69) is 5.32 Å². The summed E-state index contributed by atoms with van der Waals surface area (Å²) in [6.07, 6.45) is -4.10. The van der Waals surface area contributed by atoms with Gasteiger partial charge in [-0.2, -0.15) is 13.2 Å². The van der Waals surface area contributed by atoms with Gasteiger partial charge in [0.15, 0.2) is 0 Å².